The summed E-state index contributed by atoms with van der Waals surface area (Å²) >= 11 is 0. The van der Waals surface area contributed by atoms with E-state index in [0.717, 1.165) is 12.8 Å². The van der Waals surface area contributed by atoms with Gasteiger partial charge in [-0.2, -0.15) is 17.0 Å². The lowest BCUT2D eigenvalue weighted by molar-refractivity contribution is -0.136. The van der Waals surface area contributed by atoms with Gasteiger partial charge in [-0.3, -0.25) is 4.79 Å². The summed E-state index contributed by atoms with van der Waals surface area (Å²) in [5.74, 6) is -0.733. The number of aliphatic carboxylic acids is 1. The minimum Gasteiger partial charge on any atom is -0.480 e. The van der Waals surface area contributed by atoms with Crippen LogP contribution in [0.2, 0.25) is 0 Å². The maximum atomic E-state index is 12.4. The van der Waals surface area contributed by atoms with E-state index in [1.165, 1.54) is 8.61 Å². The van der Waals surface area contributed by atoms with Crippen LogP contribution in [-0.4, -0.2) is 67.4 Å². The zero-order valence-electron chi connectivity index (χ0n) is 12.4. The summed E-state index contributed by atoms with van der Waals surface area (Å²) in [6, 6.07) is -0.0782. The van der Waals surface area contributed by atoms with Crippen LogP contribution < -0.4 is 5.32 Å². The van der Waals surface area contributed by atoms with Crippen molar-refractivity contribution in [2.75, 3.05) is 33.2 Å². The van der Waals surface area contributed by atoms with Crippen LogP contribution in [0.25, 0.3) is 0 Å². The van der Waals surface area contributed by atoms with Crippen molar-refractivity contribution in [1.82, 2.24) is 13.9 Å². The molecule has 1 aliphatic rings. The van der Waals surface area contributed by atoms with Gasteiger partial charge >= 0.3 is 5.97 Å². The smallest absolute Gasteiger partial charge is 0.317 e. The van der Waals surface area contributed by atoms with Crippen LogP contribution in [0.4, 0.5) is 0 Å². The lowest BCUT2D eigenvalue weighted by Gasteiger charge is -2.35. The molecule has 0 radical (unpaired) electrons. The maximum Gasteiger partial charge on any atom is 0.317 e. The van der Waals surface area contributed by atoms with Crippen molar-refractivity contribution in [2.24, 2.45) is 5.92 Å². The first kappa shape index (κ1) is 17.4. The summed E-state index contributed by atoms with van der Waals surface area (Å²) in [5, 5.41) is 11.4. The van der Waals surface area contributed by atoms with Crippen LogP contribution in [0.3, 0.4) is 0 Å². The highest BCUT2D eigenvalue weighted by Crippen LogP contribution is 2.21. The number of carboxylic acid groups (broad SMARTS) is 1. The quantitative estimate of drug-likeness (QED) is 0.689. The topological polar surface area (TPSA) is 90.0 Å². The number of carboxylic acids is 1. The Morgan fingerprint density at radius 2 is 2.15 bits per heavy atom. The number of carbonyl (C=O) groups is 1. The van der Waals surface area contributed by atoms with Gasteiger partial charge in [0, 0.05) is 26.2 Å². The van der Waals surface area contributed by atoms with Crippen molar-refractivity contribution < 1.29 is 18.3 Å². The molecule has 2 N–H and O–H groups in total. The summed E-state index contributed by atoms with van der Waals surface area (Å²) in [7, 11) is -1.82. The van der Waals surface area contributed by atoms with Crippen molar-refractivity contribution in [2.45, 2.75) is 32.7 Å². The van der Waals surface area contributed by atoms with Gasteiger partial charge in [0.1, 0.15) is 0 Å². The molecule has 7 nitrogen and oxygen atoms in total. The SMILES string of the molecule is CC(C)N(C)S(=O)(=O)N1CCCC(CNCC(=O)O)C1. The average molecular weight is 307 g/mol. The second-order valence-electron chi connectivity index (χ2n) is 5.51. The van der Waals surface area contributed by atoms with Crippen LogP contribution in [0, 0.1) is 5.92 Å². The monoisotopic (exact) mass is 307 g/mol. The Kier molecular flexibility index (Phi) is 6.38. The van der Waals surface area contributed by atoms with Gasteiger partial charge in [0.25, 0.3) is 10.2 Å². The molecule has 0 aromatic carbocycles. The van der Waals surface area contributed by atoms with Crippen molar-refractivity contribution in [3.63, 3.8) is 0 Å². The number of rotatable bonds is 7. The normalized spacial score (nSPS) is 21.6. The molecule has 0 amide bonds. The fourth-order valence-corrected chi connectivity index (χ4v) is 3.89. The second kappa shape index (κ2) is 7.35. The third kappa shape index (κ3) is 4.69. The molecule has 1 atom stereocenters. The minimum absolute atomic E-state index is 0.0782. The second-order valence-corrected chi connectivity index (χ2v) is 7.50. The van der Waals surface area contributed by atoms with E-state index in [1.807, 2.05) is 13.8 Å². The van der Waals surface area contributed by atoms with E-state index >= 15 is 0 Å². The van der Waals surface area contributed by atoms with E-state index in [4.69, 9.17) is 5.11 Å². The number of nitrogens with zero attached hydrogens (tertiary/aromatic N) is 2. The third-order valence-electron chi connectivity index (χ3n) is 3.61. The molecule has 1 rings (SSSR count). The van der Waals surface area contributed by atoms with Crippen LogP contribution in [0.1, 0.15) is 26.7 Å². The lowest BCUT2D eigenvalue weighted by Crippen LogP contribution is -2.50. The van der Waals surface area contributed by atoms with Crippen molar-refractivity contribution in [1.29, 1.82) is 0 Å². The molecule has 1 fully saturated rings. The Labute approximate surface area is 121 Å². The Bertz CT molecular complexity index is 424. The molecular weight excluding hydrogens is 282 g/mol. The van der Waals surface area contributed by atoms with E-state index < -0.39 is 16.2 Å². The lowest BCUT2D eigenvalue weighted by atomic mass is 10.00. The van der Waals surface area contributed by atoms with Gasteiger partial charge in [-0.1, -0.05) is 0 Å². The highest BCUT2D eigenvalue weighted by atomic mass is 32.2. The molecule has 1 saturated heterocycles. The fourth-order valence-electron chi connectivity index (χ4n) is 2.23. The van der Waals surface area contributed by atoms with Gasteiger partial charge in [0.05, 0.1) is 6.54 Å². The van der Waals surface area contributed by atoms with Crippen LogP contribution in [0.5, 0.6) is 0 Å². The Hall–Kier alpha value is -0.700. The van der Waals surface area contributed by atoms with Crippen molar-refractivity contribution in [3.05, 3.63) is 0 Å². The van der Waals surface area contributed by atoms with E-state index in [9.17, 15) is 13.2 Å². The van der Waals surface area contributed by atoms with E-state index in [2.05, 4.69) is 5.32 Å². The molecule has 1 aliphatic heterocycles. The molecule has 0 aromatic heterocycles. The Balaban J connectivity index is 2.58. The standard InChI is InChI=1S/C12H25N3O4S/c1-10(2)14(3)20(18,19)15-6-4-5-11(9-15)7-13-8-12(16)17/h10-11,13H,4-9H2,1-3H3,(H,16,17). The number of hydrogen-bond acceptors (Lipinski definition) is 4. The average Bonchev–Trinajstić information content (AvgIpc) is 2.37. The van der Waals surface area contributed by atoms with Gasteiger partial charge < -0.3 is 10.4 Å². The third-order valence-corrected chi connectivity index (χ3v) is 5.74. The number of hydrogen-bond donors (Lipinski definition) is 2. The van der Waals surface area contributed by atoms with E-state index in [1.54, 1.807) is 7.05 Å². The molecule has 1 unspecified atom stereocenters. The van der Waals surface area contributed by atoms with Gasteiger partial charge in [0.15, 0.2) is 0 Å². The summed E-state index contributed by atoms with van der Waals surface area (Å²) in [6.07, 6.45) is 1.73. The summed E-state index contributed by atoms with van der Waals surface area (Å²) < 4.78 is 27.7. The minimum atomic E-state index is -3.41. The molecule has 118 valence electrons. The molecule has 0 aliphatic carbocycles. The largest absolute Gasteiger partial charge is 0.480 e. The van der Waals surface area contributed by atoms with Gasteiger partial charge in [-0.25, -0.2) is 0 Å². The van der Waals surface area contributed by atoms with Gasteiger partial charge in [-0.15, -0.1) is 0 Å². The molecule has 8 heteroatoms. The maximum absolute atomic E-state index is 12.4. The zero-order valence-corrected chi connectivity index (χ0v) is 13.2. The molecule has 0 spiro atoms. The molecule has 1 heterocycles. The van der Waals surface area contributed by atoms with Crippen LogP contribution >= 0.6 is 0 Å². The summed E-state index contributed by atoms with van der Waals surface area (Å²) in [4.78, 5) is 10.5. The molecule has 0 aromatic rings. The first-order valence-corrected chi connectivity index (χ1v) is 8.30. The molecular formula is C12H25N3O4S. The Morgan fingerprint density at radius 3 is 2.70 bits per heavy atom. The summed E-state index contributed by atoms with van der Waals surface area (Å²) in [5.41, 5.74) is 0. The van der Waals surface area contributed by atoms with E-state index in [-0.39, 0.29) is 18.5 Å². The fraction of sp³-hybridized carbons (Fsp3) is 0.917. The van der Waals surface area contributed by atoms with Gasteiger partial charge in [0.2, 0.25) is 0 Å². The predicted molar refractivity (Wildman–Crippen MR) is 76.6 cm³/mol. The predicted octanol–water partition coefficient (Wildman–Crippen LogP) is -0.0424. The van der Waals surface area contributed by atoms with E-state index in [0.29, 0.717) is 19.6 Å². The number of nitrogens with one attached hydrogen (secondary N) is 1. The zero-order chi connectivity index (χ0) is 15.3. The highest BCUT2D eigenvalue weighted by molar-refractivity contribution is 7.86. The molecule has 20 heavy (non-hydrogen) atoms. The Morgan fingerprint density at radius 1 is 1.50 bits per heavy atom. The highest BCUT2D eigenvalue weighted by Gasteiger charge is 2.32. The van der Waals surface area contributed by atoms with Crippen molar-refractivity contribution in [3.8, 4) is 0 Å². The van der Waals surface area contributed by atoms with Crippen LogP contribution in [-0.2, 0) is 15.0 Å². The van der Waals surface area contributed by atoms with Crippen LogP contribution in [0.15, 0.2) is 0 Å². The van der Waals surface area contributed by atoms with Crippen molar-refractivity contribution >= 4 is 16.2 Å². The molecule has 0 bridgehead atoms. The molecule has 0 saturated carbocycles. The first-order chi connectivity index (χ1) is 9.25. The number of piperidine rings is 1. The first-order valence-electron chi connectivity index (χ1n) is 6.90. The van der Waals surface area contributed by atoms with Gasteiger partial charge in [-0.05, 0) is 39.2 Å². The summed E-state index contributed by atoms with van der Waals surface area (Å²) in [6.45, 7) is 5.11.